The molecular formula is C25H24N4O. The molecule has 0 aliphatic carbocycles. The van der Waals surface area contributed by atoms with Crippen molar-refractivity contribution in [1.82, 2.24) is 14.8 Å². The third-order valence-electron chi connectivity index (χ3n) is 5.22. The third-order valence-corrected chi connectivity index (χ3v) is 5.22. The normalized spacial score (nSPS) is 10.8. The lowest BCUT2D eigenvalue weighted by Crippen LogP contribution is -2.15. The Hall–Kier alpha value is -3.73. The second-order valence-electron chi connectivity index (χ2n) is 7.58. The summed E-state index contributed by atoms with van der Waals surface area (Å²) in [6.45, 7) is 8.08. The number of carbonyl (C=O) groups excluding carboxylic acids is 1. The molecule has 0 atom stereocenters. The van der Waals surface area contributed by atoms with Gasteiger partial charge in [-0.3, -0.25) is 4.79 Å². The van der Waals surface area contributed by atoms with Gasteiger partial charge in [0.15, 0.2) is 5.82 Å². The van der Waals surface area contributed by atoms with Crippen LogP contribution in [0.3, 0.4) is 0 Å². The van der Waals surface area contributed by atoms with Crippen LogP contribution in [0.1, 0.15) is 32.9 Å². The number of amides is 1. The predicted molar refractivity (Wildman–Crippen MR) is 120 cm³/mol. The first-order valence-electron chi connectivity index (χ1n) is 9.91. The number of aromatic nitrogens is 3. The Balaban J connectivity index is 1.77. The highest BCUT2D eigenvalue weighted by Gasteiger charge is 2.19. The van der Waals surface area contributed by atoms with E-state index >= 15 is 0 Å². The highest BCUT2D eigenvalue weighted by Crippen LogP contribution is 2.24. The lowest BCUT2D eigenvalue weighted by Gasteiger charge is -2.08. The quantitative estimate of drug-likeness (QED) is 0.501. The number of anilines is 1. The number of carbonyl (C=O) groups is 1. The maximum absolute atomic E-state index is 13.0. The van der Waals surface area contributed by atoms with Gasteiger partial charge in [0.05, 0.1) is 5.69 Å². The molecule has 3 aromatic carbocycles. The number of rotatable bonds is 4. The SMILES string of the molecule is Cc1ccc(-n2nc(C(=O)Nc3cccc(C)c3C)nc2-c2cccc(C)c2)cc1. The maximum Gasteiger partial charge on any atom is 0.295 e. The Morgan fingerprint density at radius 1 is 0.867 bits per heavy atom. The molecule has 5 heteroatoms. The van der Waals surface area contributed by atoms with E-state index in [2.05, 4.69) is 15.4 Å². The lowest BCUT2D eigenvalue weighted by atomic mass is 10.1. The number of benzene rings is 3. The number of nitrogens with zero attached hydrogens (tertiary/aromatic N) is 3. The van der Waals surface area contributed by atoms with E-state index in [4.69, 9.17) is 0 Å². The third kappa shape index (κ3) is 3.87. The van der Waals surface area contributed by atoms with Crippen molar-refractivity contribution in [2.75, 3.05) is 5.32 Å². The van der Waals surface area contributed by atoms with Gasteiger partial charge in [0.1, 0.15) is 0 Å². The van der Waals surface area contributed by atoms with Crippen molar-refractivity contribution in [1.29, 1.82) is 0 Å². The Kier molecular flexibility index (Phi) is 5.19. The van der Waals surface area contributed by atoms with Crippen LogP contribution in [0.2, 0.25) is 0 Å². The predicted octanol–water partition coefficient (Wildman–Crippen LogP) is 5.42. The summed E-state index contributed by atoms with van der Waals surface area (Å²) in [6, 6.07) is 21.9. The molecule has 0 unspecified atom stereocenters. The van der Waals surface area contributed by atoms with Crippen LogP contribution in [0.25, 0.3) is 17.1 Å². The van der Waals surface area contributed by atoms with Gasteiger partial charge >= 0.3 is 0 Å². The largest absolute Gasteiger partial charge is 0.319 e. The highest BCUT2D eigenvalue weighted by atomic mass is 16.2. The van der Waals surface area contributed by atoms with Crippen molar-refractivity contribution in [3.05, 3.63) is 94.8 Å². The molecule has 1 N–H and O–H groups in total. The molecule has 0 saturated heterocycles. The number of hydrogen-bond donors (Lipinski definition) is 1. The van der Waals surface area contributed by atoms with Gasteiger partial charge in [-0.05, 0) is 63.1 Å². The zero-order valence-electron chi connectivity index (χ0n) is 17.6. The minimum absolute atomic E-state index is 0.132. The second-order valence-corrected chi connectivity index (χ2v) is 7.58. The van der Waals surface area contributed by atoms with Crippen LogP contribution < -0.4 is 5.32 Å². The summed E-state index contributed by atoms with van der Waals surface area (Å²) in [5, 5.41) is 7.51. The summed E-state index contributed by atoms with van der Waals surface area (Å²) >= 11 is 0. The molecule has 0 bridgehead atoms. The summed E-state index contributed by atoms with van der Waals surface area (Å²) < 4.78 is 1.73. The van der Waals surface area contributed by atoms with E-state index in [-0.39, 0.29) is 11.7 Å². The molecule has 4 rings (SSSR count). The van der Waals surface area contributed by atoms with Crippen molar-refractivity contribution >= 4 is 11.6 Å². The molecule has 0 aliphatic heterocycles. The van der Waals surface area contributed by atoms with Gasteiger partial charge in [0, 0.05) is 11.3 Å². The van der Waals surface area contributed by atoms with E-state index in [0.29, 0.717) is 5.82 Å². The number of aryl methyl sites for hydroxylation is 3. The van der Waals surface area contributed by atoms with E-state index < -0.39 is 0 Å². The molecular weight excluding hydrogens is 372 g/mol. The fraction of sp³-hybridized carbons (Fsp3) is 0.160. The highest BCUT2D eigenvalue weighted by molar-refractivity contribution is 6.02. The molecule has 0 spiro atoms. The summed E-state index contributed by atoms with van der Waals surface area (Å²) in [5.74, 6) is 0.435. The minimum Gasteiger partial charge on any atom is -0.319 e. The van der Waals surface area contributed by atoms with Crippen LogP contribution in [0.5, 0.6) is 0 Å². The van der Waals surface area contributed by atoms with Crippen LogP contribution in [0.15, 0.2) is 66.7 Å². The van der Waals surface area contributed by atoms with Gasteiger partial charge in [-0.15, -0.1) is 5.10 Å². The first-order valence-corrected chi connectivity index (χ1v) is 9.91. The van der Waals surface area contributed by atoms with E-state index in [9.17, 15) is 4.79 Å². The minimum atomic E-state index is -0.330. The molecule has 30 heavy (non-hydrogen) atoms. The molecule has 5 nitrogen and oxygen atoms in total. The van der Waals surface area contributed by atoms with E-state index in [1.165, 1.54) is 0 Å². The molecule has 0 radical (unpaired) electrons. The average molecular weight is 396 g/mol. The van der Waals surface area contributed by atoms with Crippen molar-refractivity contribution < 1.29 is 4.79 Å². The van der Waals surface area contributed by atoms with Crippen LogP contribution in [0, 0.1) is 27.7 Å². The van der Waals surface area contributed by atoms with Gasteiger partial charge in [-0.2, -0.15) is 0 Å². The second kappa shape index (κ2) is 7.95. The maximum atomic E-state index is 13.0. The molecule has 1 aromatic heterocycles. The van der Waals surface area contributed by atoms with Crippen molar-refractivity contribution in [2.45, 2.75) is 27.7 Å². The summed E-state index contributed by atoms with van der Waals surface area (Å²) in [4.78, 5) is 17.6. The Morgan fingerprint density at radius 3 is 2.33 bits per heavy atom. The topological polar surface area (TPSA) is 59.8 Å². The van der Waals surface area contributed by atoms with Crippen LogP contribution in [-0.2, 0) is 0 Å². The van der Waals surface area contributed by atoms with E-state index in [1.807, 2.05) is 94.4 Å². The van der Waals surface area contributed by atoms with Gasteiger partial charge < -0.3 is 5.32 Å². The van der Waals surface area contributed by atoms with Crippen molar-refractivity contribution in [3.63, 3.8) is 0 Å². The fourth-order valence-electron chi connectivity index (χ4n) is 3.31. The van der Waals surface area contributed by atoms with Crippen LogP contribution >= 0.6 is 0 Å². The first kappa shape index (κ1) is 19.6. The lowest BCUT2D eigenvalue weighted by molar-refractivity contribution is 0.101. The van der Waals surface area contributed by atoms with Crippen LogP contribution in [-0.4, -0.2) is 20.7 Å². The van der Waals surface area contributed by atoms with E-state index in [1.54, 1.807) is 4.68 Å². The zero-order chi connectivity index (χ0) is 21.3. The smallest absolute Gasteiger partial charge is 0.295 e. The number of hydrogen-bond acceptors (Lipinski definition) is 3. The monoisotopic (exact) mass is 396 g/mol. The molecule has 1 amide bonds. The molecule has 150 valence electrons. The molecule has 1 heterocycles. The summed E-state index contributed by atoms with van der Waals surface area (Å²) in [7, 11) is 0. The Morgan fingerprint density at radius 2 is 1.60 bits per heavy atom. The molecule has 4 aromatic rings. The Bertz CT molecular complexity index is 1220. The number of nitrogens with one attached hydrogen (secondary N) is 1. The van der Waals surface area contributed by atoms with Crippen LogP contribution in [0.4, 0.5) is 5.69 Å². The van der Waals surface area contributed by atoms with Crippen molar-refractivity contribution in [3.8, 4) is 17.1 Å². The molecule has 0 aliphatic rings. The van der Waals surface area contributed by atoms with Crippen molar-refractivity contribution in [2.24, 2.45) is 0 Å². The van der Waals surface area contributed by atoms with E-state index in [0.717, 1.165) is 39.2 Å². The average Bonchev–Trinajstić information content (AvgIpc) is 3.18. The summed E-state index contributed by atoms with van der Waals surface area (Å²) in [6.07, 6.45) is 0. The van der Waals surface area contributed by atoms with Gasteiger partial charge in [0.25, 0.3) is 5.91 Å². The standard InChI is InChI=1S/C25H24N4O/c1-16-11-13-21(14-12-16)29-24(20-9-5-7-17(2)15-20)27-23(28-29)25(30)26-22-10-6-8-18(3)19(22)4/h5-15H,1-4H3,(H,26,30). The van der Waals surface area contributed by atoms with Gasteiger partial charge in [-0.1, -0.05) is 53.6 Å². The first-order chi connectivity index (χ1) is 14.4. The van der Waals surface area contributed by atoms with Gasteiger partial charge in [-0.25, -0.2) is 9.67 Å². The summed E-state index contributed by atoms with van der Waals surface area (Å²) in [5.41, 5.74) is 6.96. The fourth-order valence-corrected chi connectivity index (χ4v) is 3.31. The molecule has 0 fully saturated rings. The van der Waals surface area contributed by atoms with Gasteiger partial charge in [0.2, 0.25) is 5.82 Å². The Labute approximate surface area is 176 Å². The zero-order valence-corrected chi connectivity index (χ0v) is 17.6. The molecule has 0 saturated carbocycles.